The Morgan fingerprint density at radius 3 is 2.42 bits per heavy atom. The molecule has 2 fully saturated rings. The van der Waals surface area contributed by atoms with Crippen molar-refractivity contribution in [3.05, 3.63) is 52.1 Å². The highest BCUT2D eigenvalue weighted by atomic mass is 35.5. The lowest BCUT2D eigenvalue weighted by molar-refractivity contribution is 0.0988. The molecule has 2 N–H and O–H groups in total. The van der Waals surface area contributed by atoms with Crippen molar-refractivity contribution in [3.63, 3.8) is 0 Å². The Morgan fingerprint density at radius 1 is 1.06 bits per heavy atom. The number of aromatic hydroxyl groups is 1. The zero-order valence-electron chi connectivity index (χ0n) is 20.7. The summed E-state index contributed by atoms with van der Waals surface area (Å²) in [5.41, 5.74) is 4.03. The first-order chi connectivity index (χ1) is 17.4. The monoisotopic (exact) mass is 525 g/mol. The van der Waals surface area contributed by atoms with Gasteiger partial charge in [0.15, 0.2) is 11.5 Å². The summed E-state index contributed by atoms with van der Waals surface area (Å²) in [5.74, 6) is 0.724. The van der Waals surface area contributed by atoms with E-state index in [0.29, 0.717) is 18.0 Å². The van der Waals surface area contributed by atoms with Crippen molar-refractivity contribution in [3.8, 4) is 16.9 Å². The van der Waals surface area contributed by atoms with Crippen LogP contribution in [-0.4, -0.2) is 46.4 Å². The van der Waals surface area contributed by atoms with Crippen molar-refractivity contribution >= 4 is 45.6 Å². The molecule has 0 atom stereocenters. The molecule has 2 aliphatic rings. The van der Waals surface area contributed by atoms with Gasteiger partial charge in [0.25, 0.3) is 0 Å². The number of aromatic nitrogens is 1. The van der Waals surface area contributed by atoms with Crippen LogP contribution in [0, 0.1) is 5.92 Å². The van der Waals surface area contributed by atoms with Crippen LogP contribution in [0.25, 0.3) is 22.0 Å². The van der Waals surface area contributed by atoms with E-state index in [1.54, 1.807) is 18.3 Å². The number of carbonyl (C=O) groups is 1. The number of likely N-dealkylation sites (tertiary alicyclic amines) is 1. The molecule has 5 nitrogen and oxygen atoms in total. The molecule has 0 unspecified atom stereocenters. The molecule has 5 rings (SSSR count). The Bertz CT molecular complexity index is 1240. The van der Waals surface area contributed by atoms with Gasteiger partial charge in [-0.05, 0) is 92.9 Å². The summed E-state index contributed by atoms with van der Waals surface area (Å²) in [7, 11) is 0. The molecule has 0 radical (unpaired) electrons. The maximum Gasteiger partial charge on any atom is 0.166 e. The number of hydrogen-bond acceptors (Lipinski definition) is 5. The minimum atomic E-state index is -0.122. The number of ketones is 1. The number of fused-ring (bicyclic) bond motifs is 1. The normalized spacial score (nSPS) is 20.6. The van der Waals surface area contributed by atoms with E-state index in [4.69, 9.17) is 23.2 Å². The lowest BCUT2D eigenvalue weighted by Crippen LogP contribution is -2.33. The Kier molecular flexibility index (Phi) is 7.71. The van der Waals surface area contributed by atoms with E-state index in [2.05, 4.69) is 15.2 Å². The number of rotatable bonds is 7. The van der Waals surface area contributed by atoms with Gasteiger partial charge in [0.05, 0.1) is 26.8 Å². The number of Topliss-reactive ketones (excluding diaryl/α,β-unsaturated/α-hetero) is 1. The summed E-state index contributed by atoms with van der Waals surface area (Å²) in [4.78, 5) is 20.1. The molecule has 190 valence electrons. The number of hydrogen-bond donors (Lipinski definition) is 2. The SMILES string of the molecule is CCC(=O)c1cnc2ccc(-c3cc(Cl)c(O)c(Cl)c3)cc2c1N[C@H]1CC[C@H](CN2CCCC2)CC1. The maximum absolute atomic E-state index is 12.9. The van der Waals surface area contributed by atoms with Gasteiger partial charge in [0, 0.05) is 30.6 Å². The fourth-order valence-corrected chi connectivity index (χ4v) is 6.17. The van der Waals surface area contributed by atoms with Gasteiger partial charge in [-0.1, -0.05) is 36.2 Å². The number of anilines is 1. The van der Waals surface area contributed by atoms with Crippen LogP contribution in [0.4, 0.5) is 5.69 Å². The number of pyridine rings is 1. The Morgan fingerprint density at radius 2 is 1.75 bits per heavy atom. The summed E-state index contributed by atoms with van der Waals surface area (Å²) in [6.07, 6.45) is 9.44. The van der Waals surface area contributed by atoms with Crippen molar-refractivity contribution < 1.29 is 9.90 Å². The summed E-state index contributed by atoms with van der Waals surface area (Å²) in [6, 6.07) is 9.69. The highest BCUT2D eigenvalue weighted by molar-refractivity contribution is 6.37. The molecule has 0 amide bonds. The smallest absolute Gasteiger partial charge is 0.166 e. The molecule has 1 aliphatic carbocycles. The van der Waals surface area contributed by atoms with Crippen LogP contribution >= 0.6 is 23.2 Å². The molecule has 0 spiro atoms. The summed E-state index contributed by atoms with van der Waals surface area (Å²) in [5, 5.41) is 15.1. The van der Waals surface area contributed by atoms with E-state index in [9.17, 15) is 9.90 Å². The van der Waals surface area contributed by atoms with E-state index in [1.165, 1.54) is 45.3 Å². The second-order valence-electron chi connectivity index (χ2n) is 10.2. The standard InChI is InChI=1S/C29H33Cl2N3O2/c1-2-27(35)23-16-32-26-10-7-19(20-14-24(30)29(36)25(31)15-20)13-22(26)28(23)33-21-8-5-18(6-9-21)17-34-11-3-4-12-34/h7,10,13-16,18,21,36H,2-6,8-9,11-12,17H2,1H3,(H,32,33)/t18-,21-. The van der Waals surface area contributed by atoms with Crippen LogP contribution in [0.5, 0.6) is 5.75 Å². The van der Waals surface area contributed by atoms with Gasteiger partial charge in [-0.3, -0.25) is 9.78 Å². The molecule has 36 heavy (non-hydrogen) atoms. The van der Waals surface area contributed by atoms with Gasteiger partial charge >= 0.3 is 0 Å². The van der Waals surface area contributed by atoms with Gasteiger partial charge in [-0.25, -0.2) is 0 Å². The van der Waals surface area contributed by atoms with E-state index < -0.39 is 0 Å². The zero-order chi connectivity index (χ0) is 25.2. The maximum atomic E-state index is 12.9. The van der Waals surface area contributed by atoms with Gasteiger partial charge in [0.2, 0.25) is 0 Å². The Balaban J connectivity index is 1.44. The van der Waals surface area contributed by atoms with Crippen LogP contribution in [0.2, 0.25) is 10.0 Å². The molecule has 1 aliphatic heterocycles. The summed E-state index contributed by atoms with van der Waals surface area (Å²) < 4.78 is 0. The Labute approximate surface area is 222 Å². The molecular weight excluding hydrogens is 493 g/mol. The molecule has 0 bridgehead atoms. The number of nitrogens with zero attached hydrogens (tertiary/aromatic N) is 2. The van der Waals surface area contributed by atoms with Gasteiger partial charge in [0.1, 0.15) is 0 Å². The van der Waals surface area contributed by atoms with Crippen molar-refractivity contribution in [1.82, 2.24) is 9.88 Å². The predicted octanol–water partition coefficient (Wildman–Crippen LogP) is 7.57. The lowest BCUT2D eigenvalue weighted by Gasteiger charge is -2.32. The molecule has 1 saturated heterocycles. The first kappa shape index (κ1) is 25.3. The van der Waals surface area contributed by atoms with Gasteiger partial charge in [-0.2, -0.15) is 0 Å². The molecule has 2 aromatic carbocycles. The average molecular weight is 527 g/mol. The Hall–Kier alpha value is -2.34. The number of benzene rings is 2. The zero-order valence-corrected chi connectivity index (χ0v) is 22.2. The predicted molar refractivity (Wildman–Crippen MR) is 149 cm³/mol. The van der Waals surface area contributed by atoms with Crippen LogP contribution < -0.4 is 5.32 Å². The second kappa shape index (κ2) is 11.0. The van der Waals surface area contributed by atoms with Crippen LogP contribution in [0.1, 0.15) is 62.2 Å². The third-order valence-corrected chi connectivity index (χ3v) is 8.33. The minimum Gasteiger partial charge on any atom is -0.505 e. The number of phenols is 1. The molecular formula is C29H33Cl2N3O2. The van der Waals surface area contributed by atoms with Crippen molar-refractivity contribution in [2.75, 3.05) is 25.0 Å². The number of phenolic OH excluding ortho intramolecular Hbond substituents is 1. The van der Waals surface area contributed by atoms with Crippen molar-refractivity contribution in [1.29, 1.82) is 0 Å². The van der Waals surface area contributed by atoms with Gasteiger partial charge < -0.3 is 15.3 Å². The minimum absolute atomic E-state index is 0.0794. The average Bonchev–Trinajstić information content (AvgIpc) is 3.40. The number of halogens is 2. The molecule has 3 aromatic rings. The summed E-state index contributed by atoms with van der Waals surface area (Å²) >= 11 is 12.4. The first-order valence-electron chi connectivity index (χ1n) is 13.1. The molecule has 2 heterocycles. The lowest BCUT2D eigenvalue weighted by atomic mass is 9.85. The molecule has 1 saturated carbocycles. The fraction of sp³-hybridized carbons (Fsp3) is 0.448. The van der Waals surface area contributed by atoms with Crippen LogP contribution in [-0.2, 0) is 0 Å². The van der Waals surface area contributed by atoms with Gasteiger partial charge in [-0.15, -0.1) is 0 Å². The van der Waals surface area contributed by atoms with E-state index in [-0.39, 0.29) is 21.6 Å². The van der Waals surface area contributed by atoms with E-state index in [1.807, 2.05) is 25.1 Å². The highest BCUT2D eigenvalue weighted by Crippen LogP contribution is 2.39. The highest BCUT2D eigenvalue weighted by Gasteiger charge is 2.26. The summed E-state index contributed by atoms with van der Waals surface area (Å²) in [6.45, 7) is 5.62. The quantitative estimate of drug-likeness (QED) is 0.311. The van der Waals surface area contributed by atoms with Crippen molar-refractivity contribution in [2.24, 2.45) is 5.92 Å². The van der Waals surface area contributed by atoms with Crippen LogP contribution in [0.15, 0.2) is 36.5 Å². The third kappa shape index (κ3) is 5.34. The fourth-order valence-electron chi connectivity index (χ4n) is 5.69. The number of carbonyl (C=O) groups excluding carboxylic acids is 1. The van der Waals surface area contributed by atoms with Crippen LogP contribution in [0.3, 0.4) is 0 Å². The number of nitrogens with one attached hydrogen (secondary N) is 1. The second-order valence-corrected chi connectivity index (χ2v) is 11.0. The van der Waals surface area contributed by atoms with E-state index >= 15 is 0 Å². The molecule has 7 heteroatoms. The van der Waals surface area contributed by atoms with E-state index in [0.717, 1.165) is 46.5 Å². The third-order valence-electron chi connectivity index (χ3n) is 7.75. The first-order valence-corrected chi connectivity index (χ1v) is 13.8. The van der Waals surface area contributed by atoms with Crippen molar-refractivity contribution in [2.45, 2.75) is 57.9 Å². The topological polar surface area (TPSA) is 65.5 Å². The molecule has 1 aromatic heterocycles. The largest absolute Gasteiger partial charge is 0.505 e.